The molecule has 1 aliphatic rings. The largest absolute Gasteiger partial charge is 0.390 e. The lowest BCUT2D eigenvalue weighted by molar-refractivity contribution is -0.130. The number of nitrogens with zero attached hydrogens (tertiary/aromatic N) is 1. The Labute approximate surface area is 84.0 Å². The zero-order valence-electron chi connectivity index (χ0n) is 8.69. The SMILES string of the molecule is COCCNC(=O)C(C)N1CC(O)C1. The van der Waals surface area contributed by atoms with Crippen molar-refractivity contribution in [2.45, 2.75) is 19.1 Å². The van der Waals surface area contributed by atoms with Crippen LogP contribution in [0.15, 0.2) is 0 Å². The second kappa shape index (κ2) is 5.29. The van der Waals surface area contributed by atoms with E-state index in [1.807, 2.05) is 11.8 Å². The predicted molar refractivity (Wildman–Crippen MR) is 51.9 cm³/mol. The van der Waals surface area contributed by atoms with Gasteiger partial charge in [-0.05, 0) is 6.92 Å². The second-order valence-electron chi connectivity index (χ2n) is 3.57. The highest BCUT2D eigenvalue weighted by Crippen LogP contribution is 2.11. The number of likely N-dealkylation sites (tertiary alicyclic amines) is 1. The van der Waals surface area contributed by atoms with Crippen LogP contribution >= 0.6 is 0 Å². The molecule has 5 nitrogen and oxygen atoms in total. The van der Waals surface area contributed by atoms with Gasteiger partial charge in [0.05, 0.1) is 18.8 Å². The van der Waals surface area contributed by atoms with Crippen molar-refractivity contribution in [3.63, 3.8) is 0 Å². The van der Waals surface area contributed by atoms with Crippen LogP contribution in [0.5, 0.6) is 0 Å². The number of nitrogens with one attached hydrogen (secondary N) is 1. The first-order valence-electron chi connectivity index (χ1n) is 4.84. The minimum absolute atomic E-state index is 0.00560. The van der Waals surface area contributed by atoms with Crippen molar-refractivity contribution in [1.82, 2.24) is 10.2 Å². The van der Waals surface area contributed by atoms with E-state index in [0.717, 1.165) is 0 Å². The first kappa shape index (κ1) is 11.4. The number of amides is 1. The molecule has 0 radical (unpaired) electrons. The summed E-state index contributed by atoms with van der Waals surface area (Å²) < 4.78 is 4.82. The Hall–Kier alpha value is -0.650. The Bertz CT molecular complexity index is 192. The number of carbonyl (C=O) groups excluding carboxylic acids is 1. The molecule has 0 aromatic heterocycles. The molecule has 1 saturated heterocycles. The van der Waals surface area contributed by atoms with Gasteiger partial charge in [0, 0.05) is 26.7 Å². The van der Waals surface area contributed by atoms with Crippen molar-refractivity contribution in [3.05, 3.63) is 0 Å². The van der Waals surface area contributed by atoms with E-state index < -0.39 is 0 Å². The number of aliphatic hydroxyl groups is 1. The fourth-order valence-corrected chi connectivity index (χ4v) is 1.39. The number of β-amino-alcohol motifs (C(OH)–C–C–N with tert-alkyl or cyclic N) is 1. The molecule has 0 aromatic carbocycles. The van der Waals surface area contributed by atoms with Crippen LogP contribution in [0.2, 0.25) is 0 Å². The Morgan fingerprint density at radius 1 is 1.71 bits per heavy atom. The third-order valence-electron chi connectivity index (χ3n) is 2.42. The Balaban J connectivity index is 2.16. The average Bonchev–Trinajstić information content (AvgIpc) is 2.12. The number of ether oxygens (including phenoxy) is 1. The highest BCUT2D eigenvalue weighted by atomic mass is 16.5. The van der Waals surface area contributed by atoms with Gasteiger partial charge in [-0.25, -0.2) is 0 Å². The van der Waals surface area contributed by atoms with E-state index in [-0.39, 0.29) is 18.1 Å². The van der Waals surface area contributed by atoms with Crippen LogP contribution in [-0.4, -0.2) is 61.4 Å². The summed E-state index contributed by atoms with van der Waals surface area (Å²) in [5.41, 5.74) is 0. The number of carbonyl (C=O) groups is 1. The molecule has 0 spiro atoms. The summed E-state index contributed by atoms with van der Waals surface area (Å²) in [4.78, 5) is 13.4. The summed E-state index contributed by atoms with van der Waals surface area (Å²) in [5, 5.41) is 11.8. The molecule has 1 rings (SSSR count). The van der Waals surface area contributed by atoms with E-state index in [2.05, 4.69) is 5.32 Å². The zero-order valence-corrected chi connectivity index (χ0v) is 8.69. The molecule has 1 aliphatic heterocycles. The van der Waals surface area contributed by atoms with E-state index in [4.69, 9.17) is 9.84 Å². The van der Waals surface area contributed by atoms with Crippen molar-refractivity contribution in [3.8, 4) is 0 Å². The second-order valence-corrected chi connectivity index (χ2v) is 3.57. The van der Waals surface area contributed by atoms with Crippen LogP contribution in [0.1, 0.15) is 6.92 Å². The van der Waals surface area contributed by atoms with E-state index >= 15 is 0 Å². The van der Waals surface area contributed by atoms with Crippen LogP contribution in [0.4, 0.5) is 0 Å². The normalized spacial score (nSPS) is 20.2. The summed E-state index contributed by atoms with van der Waals surface area (Å²) in [6.45, 7) is 4.10. The van der Waals surface area contributed by atoms with Crippen LogP contribution in [0, 0.1) is 0 Å². The minimum Gasteiger partial charge on any atom is -0.390 e. The lowest BCUT2D eigenvalue weighted by atomic mass is 10.1. The van der Waals surface area contributed by atoms with Crippen molar-refractivity contribution < 1.29 is 14.6 Å². The summed E-state index contributed by atoms with van der Waals surface area (Å²) in [7, 11) is 1.60. The molecule has 82 valence electrons. The van der Waals surface area contributed by atoms with Gasteiger partial charge < -0.3 is 15.2 Å². The number of aliphatic hydroxyl groups excluding tert-OH is 1. The maximum absolute atomic E-state index is 11.5. The molecule has 1 unspecified atom stereocenters. The fourth-order valence-electron chi connectivity index (χ4n) is 1.39. The number of methoxy groups -OCH3 is 1. The van der Waals surface area contributed by atoms with Crippen LogP contribution in [-0.2, 0) is 9.53 Å². The summed E-state index contributed by atoms with van der Waals surface area (Å²) in [5.74, 6) is -0.00560. The van der Waals surface area contributed by atoms with Crippen LogP contribution in [0.25, 0.3) is 0 Å². The molecule has 1 fully saturated rings. The molecular weight excluding hydrogens is 184 g/mol. The van der Waals surface area contributed by atoms with E-state index in [0.29, 0.717) is 26.2 Å². The number of hydrogen-bond acceptors (Lipinski definition) is 4. The maximum Gasteiger partial charge on any atom is 0.237 e. The van der Waals surface area contributed by atoms with Crippen molar-refractivity contribution in [2.24, 2.45) is 0 Å². The average molecular weight is 202 g/mol. The summed E-state index contributed by atoms with van der Waals surface area (Å²) in [6.07, 6.45) is -0.260. The molecule has 0 bridgehead atoms. The molecule has 5 heteroatoms. The molecule has 0 aliphatic carbocycles. The lowest BCUT2D eigenvalue weighted by Crippen LogP contribution is -2.58. The Morgan fingerprint density at radius 2 is 2.36 bits per heavy atom. The monoisotopic (exact) mass is 202 g/mol. The minimum atomic E-state index is -0.260. The van der Waals surface area contributed by atoms with E-state index in [9.17, 15) is 4.79 Å². The third kappa shape index (κ3) is 2.94. The molecule has 0 saturated carbocycles. The van der Waals surface area contributed by atoms with Crippen LogP contribution in [0.3, 0.4) is 0 Å². The number of hydrogen-bond donors (Lipinski definition) is 2. The van der Waals surface area contributed by atoms with Crippen molar-refractivity contribution >= 4 is 5.91 Å². The molecule has 14 heavy (non-hydrogen) atoms. The van der Waals surface area contributed by atoms with Gasteiger partial charge in [-0.2, -0.15) is 0 Å². The van der Waals surface area contributed by atoms with Gasteiger partial charge in [0.2, 0.25) is 5.91 Å². The van der Waals surface area contributed by atoms with Gasteiger partial charge in [0.15, 0.2) is 0 Å². The van der Waals surface area contributed by atoms with Gasteiger partial charge in [-0.3, -0.25) is 9.69 Å². The van der Waals surface area contributed by atoms with Gasteiger partial charge in [-0.1, -0.05) is 0 Å². The van der Waals surface area contributed by atoms with E-state index in [1.165, 1.54) is 0 Å². The zero-order chi connectivity index (χ0) is 10.6. The highest BCUT2D eigenvalue weighted by Gasteiger charge is 2.31. The maximum atomic E-state index is 11.5. The summed E-state index contributed by atoms with van der Waals surface area (Å²) in [6, 6.07) is -0.157. The van der Waals surface area contributed by atoms with Crippen molar-refractivity contribution in [1.29, 1.82) is 0 Å². The van der Waals surface area contributed by atoms with Crippen LogP contribution < -0.4 is 5.32 Å². The Morgan fingerprint density at radius 3 is 2.86 bits per heavy atom. The lowest BCUT2D eigenvalue weighted by Gasteiger charge is -2.39. The molecule has 2 N–H and O–H groups in total. The Kier molecular flexibility index (Phi) is 4.31. The molecule has 1 amide bonds. The van der Waals surface area contributed by atoms with Gasteiger partial charge in [-0.15, -0.1) is 0 Å². The fraction of sp³-hybridized carbons (Fsp3) is 0.889. The molecule has 0 aromatic rings. The highest BCUT2D eigenvalue weighted by molar-refractivity contribution is 5.81. The molecular formula is C9H18N2O3. The third-order valence-corrected chi connectivity index (χ3v) is 2.42. The molecule has 1 heterocycles. The smallest absolute Gasteiger partial charge is 0.237 e. The topological polar surface area (TPSA) is 61.8 Å². The van der Waals surface area contributed by atoms with Gasteiger partial charge in [0.25, 0.3) is 0 Å². The van der Waals surface area contributed by atoms with E-state index in [1.54, 1.807) is 7.11 Å². The van der Waals surface area contributed by atoms with Gasteiger partial charge in [0.1, 0.15) is 0 Å². The standard InChI is InChI=1S/C9H18N2O3/c1-7(11-5-8(12)6-11)9(13)10-3-4-14-2/h7-8,12H,3-6H2,1-2H3,(H,10,13). The molecule has 1 atom stereocenters. The van der Waals surface area contributed by atoms with Gasteiger partial charge >= 0.3 is 0 Å². The quantitative estimate of drug-likeness (QED) is 0.551. The van der Waals surface area contributed by atoms with Crippen molar-refractivity contribution in [2.75, 3.05) is 33.4 Å². The number of rotatable bonds is 5. The first-order valence-corrected chi connectivity index (χ1v) is 4.84. The predicted octanol–water partition coefficient (Wildman–Crippen LogP) is -1.19. The summed E-state index contributed by atoms with van der Waals surface area (Å²) >= 11 is 0. The first-order chi connectivity index (χ1) is 6.65.